The van der Waals surface area contributed by atoms with E-state index in [2.05, 4.69) is 29.3 Å². The molecule has 2 heterocycles. The maximum absolute atomic E-state index is 11.8. The maximum Gasteiger partial charge on any atom is 0.251 e. The molecular weight excluding hydrogens is 376 g/mol. The molecule has 1 aromatic carbocycles. The first kappa shape index (κ1) is 22.1. The van der Waals surface area contributed by atoms with Crippen molar-refractivity contribution in [3.8, 4) is 5.75 Å². The summed E-state index contributed by atoms with van der Waals surface area (Å²) in [5.74, 6) is 0.00983. The normalized spacial score (nSPS) is 16.7. The lowest BCUT2D eigenvalue weighted by molar-refractivity contribution is -0.107. The third kappa shape index (κ3) is 7.80. The molecule has 2 aromatic rings. The number of aromatic hydroxyl groups is 1. The molecule has 6 nitrogen and oxygen atoms in total. The first-order valence-electron chi connectivity index (χ1n) is 9.34. The Hall–Kier alpha value is -2.22. The molecule has 1 aromatic heterocycles. The summed E-state index contributed by atoms with van der Waals surface area (Å²) in [6, 6.07) is 10.4. The van der Waals surface area contributed by atoms with Crippen molar-refractivity contribution in [3.05, 3.63) is 51.7 Å². The predicted octanol–water partition coefficient (Wildman–Crippen LogP) is 2.64. The minimum Gasteiger partial charge on any atom is -0.508 e. The number of ether oxygens (including phenoxy) is 1. The van der Waals surface area contributed by atoms with E-state index in [-0.39, 0.29) is 17.8 Å². The van der Waals surface area contributed by atoms with Crippen molar-refractivity contribution in [2.24, 2.45) is 0 Å². The molecule has 0 radical (unpaired) electrons. The zero-order chi connectivity index (χ0) is 20.4. The summed E-state index contributed by atoms with van der Waals surface area (Å²) in [7, 11) is 2.04. The van der Waals surface area contributed by atoms with Crippen LogP contribution in [0.3, 0.4) is 0 Å². The molecule has 1 fully saturated rings. The molecule has 0 bridgehead atoms. The van der Waals surface area contributed by atoms with Crippen LogP contribution in [0.25, 0.3) is 0 Å². The van der Waals surface area contributed by atoms with Crippen LogP contribution in [-0.4, -0.2) is 61.6 Å². The molecule has 3 rings (SSSR count). The Morgan fingerprint density at radius 1 is 1.32 bits per heavy atom. The standard InChI is InChI=1S/C13H18N2O3.C8H10OS/c1-15-6-7-18-12(9-15)8-14-13(17)10-2-4-11(16)5-3-10;1-7-4-5-8(10-7)3-2-6-9/h2-5,12,16H,6-9H2,1H3,(H,14,17);4-6H,2-3H2,1H3. The number of carbonyl (C=O) groups is 2. The van der Waals surface area contributed by atoms with Gasteiger partial charge in [-0.1, -0.05) is 0 Å². The second-order valence-corrected chi connectivity index (χ2v) is 8.10. The molecule has 0 aliphatic carbocycles. The Bertz CT molecular complexity index is 745. The zero-order valence-corrected chi connectivity index (χ0v) is 17.2. The van der Waals surface area contributed by atoms with Crippen LogP contribution in [0.15, 0.2) is 36.4 Å². The van der Waals surface area contributed by atoms with Gasteiger partial charge in [-0.25, -0.2) is 0 Å². The van der Waals surface area contributed by atoms with E-state index < -0.39 is 0 Å². The highest BCUT2D eigenvalue weighted by molar-refractivity contribution is 7.11. The molecule has 28 heavy (non-hydrogen) atoms. The van der Waals surface area contributed by atoms with Gasteiger partial charge in [0.05, 0.1) is 12.7 Å². The number of hydrogen-bond donors (Lipinski definition) is 2. The van der Waals surface area contributed by atoms with Crippen LogP contribution in [-0.2, 0) is 16.0 Å². The minimum absolute atomic E-state index is 0.0461. The fourth-order valence-corrected chi connectivity index (χ4v) is 3.64. The predicted molar refractivity (Wildman–Crippen MR) is 111 cm³/mol. The van der Waals surface area contributed by atoms with Gasteiger partial charge in [0.15, 0.2) is 0 Å². The fraction of sp³-hybridized carbons (Fsp3) is 0.429. The van der Waals surface area contributed by atoms with E-state index in [1.807, 2.05) is 7.05 Å². The lowest BCUT2D eigenvalue weighted by Crippen LogP contribution is -2.45. The van der Waals surface area contributed by atoms with Crippen molar-refractivity contribution in [1.82, 2.24) is 10.2 Å². The van der Waals surface area contributed by atoms with Gasteiger partial charge in [-0.05, 0) is 56.8 Å². The van der Waals surface area contributed by atoms with Gasteiger partial charge in [-0.15, -0.1) is 11.3 Å². The number of aryl methyl sites for hydroxylation is 2. The van der Waals surface area contributed by atoms with Crippen molar-refractivity contribution in [2.45, 2.75) is 25.9 Å². The number of nitrogens with zero attached hydrogens (tertiary/aromatic N) is 1. The Labute approximate surface area is 170 Å². The largest absolute Gasteiger partial charge is 0.508 e. The number of benzene rings is 1. The maximum atomic E-state index is 11.8. The van der Waals surface area contributed by atoms with Crippen LogP contribution in [0.5, 0.6) is 5.75 Å². The van der Waals surface area contributed by atoms with E-state index in [0.717, 1.165) is 25.8 Å². The monoisotopic (exact) mass is 404 g/mol. The summed E-state index contributed by atoms with van der Waals surface area (Å²) < 4.78 is 5.56. The summed E-state index contributed by atoms with van der Waals surface area (Å²) in [4.78, 5) is 26.6. The molecule has 1 aliphatic rings. The quantitative estimate of drug-likeness (QED) is 0.724. The lowest BCUT2D eigenvalue weighted by atomic mass is 10.2. The SMILES string of the molecule is CN1CCOC(CNC(=O)c2ccc(O)cc2)C1.Cc1ccc(CCC=O)s1. The van der Waals surface area contributed by atoms with E-state index in [4.69, 9.17) is 9.84 Å². The van der Waals surface area contributed by atoms with Gasteiger partial charge in [-0.3, -0.25) is 4.79 Å². The number of aldehydes is 1. The van der Waals surface area contributed by atoms with Gasteiger partial charge in [0.1, 0.15) is 12.0 Å². The van der Waals surface area contributed by atoms with Gasteiger partial charge in [0.25, 0.3) is 5.91 Å². The molecule has 0 spiro atoms. The summed E-state index contributed by atoms with van der Waals surface area (Å²) >= 11 is 1.77. The summed E-state index contributed by atoms with van der Waals surface area (Å²) in [6.45, 7) is 5.05. The number of phenolic OH excluding ortho intramolecular Hbond substituents is 1. The van der Waals surface area contributed by atoms with Gasteiger partial charge in [0, 0.05) is 41.4 Å². The first-order valence-corrected chi connectivity index (χ1v) is 10.2. The lowest BCUT2D eigenvalue weighted by Gasteiger charge is -2.30. The number of phenols is 1. The minimum atomic E-state index is -0.146. The highest BCUT2D eigenvalue weighted by atomic mass is 32.1. The molecule has 7 heteroatoms. The van der Waals surface area contributed by atoms with Crippen LogP contribution in [0.2, 0.25) is 0 Å². The molecule has 1 aliphatic heterocycles. The van der Waals surface area contributed by atoms with Crippen LogP contribution in [0.1, 0.15) is 26.5 Å². The van der Waals surface area contributed by atoms with Crippen LogP contribution in [0.4, 0.5) is 0 Å². The average Bonchev–Trinajstić information content (AvgIpc) is 3.11. The zero-order valence-electron chi connectivity index (χ0n) is 16.4. The van der Waals surface area contributed by atoms with Crippen molar-refractivity contribution in [1.29, 1.82) is 0 Å². The van der Waals surface area contributed by atoms with Crippen LogP contribution in [0, 0.1) is 6.92 Å². The second-order valence-electron chi connectivity index (χ2n) is 6.73. The third-order valence-corrected chi connectivity index (χ3v) is 5.33. The van der Waals surface area contributed by atoms with E-state index >= 15 is 0 Å². The van der Waals surface area contributed by atoms with E-state index in [1.165, 1.54) is 21.9 Å². The number of hydrogen-bond acceptors (Lipinski definition) is 6. The summed E-state index contributed by atoms with van der Waals surface area (Å²) in [5.41, 5.74) is 0.539. The molecule has 1 saturated heterocycles. The van der Waals surface area contributed by atoms with Gasteiger partial charge in [0.2, 0.25) is 0 Å². The molecule has 1 unspecified atom stereocenters. The highest BCUT2D eigenvalue weighted by Crippen LogP contribution is 2.15. The Balaban J connectivity index is 0.000000237. The van der Waals surface area contributed by atoms with E-state index in [9.17, 15) is 9.59 Å². The van der Waals surface area contributed by atoms with Crippen molar-refractivity contribution in [2.75, 3.05) is 33.3 Å². The number of morpholine rings is 1. The molecule has 2 N–H and O–H groups in total. The number of likely N-dealkylation sites (N-methyl/N-ethyl adjacent to an activating group) is 1. The number of thiophene rings is 1. The molecule has 1 atom stereocenters. The van der Waals surface area contributed by atoms with Crippen molar-refractivity contribution >= 4 is 23.5 Å². The molecule has 152 valence electrons. The van der Waals surface area contributed by atoms with Gasteiger partial charge in [-0.2, -0.15) is 0 Å². The summed E-state index contributed by atoms with van der Waals surface area (Å²) in [6.07, 6.45) is 2.57. The molecule has 1 amide bonds. The fourth-order valence-electron chi connectivity index (χ4n) is 2.73. The number of nitrogens with one attached hydrogen (secondary N) is 1. The summed E-state index contributed by atoms with van der Waals surface area (Å²) in [5, 5.41) is 12.0. The van der Waals surface area contributed by atoms with Crippen molar-refractivity contribution < 1.29 is 19.4 Å². The van der Waals surface area contributed by atoms with Gasteiger partial charge >= 0.3 is 0 Å². The van der Waals surface area contributed by atoms with E-state index in [0.29, 0.717) is 25.1 Å². The average molecular weight is 405 g/mol. The highest BCUT2D eigenvalue weighted by Gasteiger charge is 2.18. The number of carbonyl (C=O) groups excluding carboxylic acids is 2. The topological polar surface area (TPSA) is 78.9 Å². The second kappa shape index (κ2) is 11.6. The molecular formula is C21H28N2O4S. The number of amides is 1. The van der Waals surface area contributed by atoms with Crippen molar-refractivity contribution in [3.63, 3.8) is 0 Å². The third-order valence-electron chi connectivity index (χ3n) is 4.27. The van der Waals surface area contributed by atoms with E-state index in [1.54, 1.807) is 23.5 Å². The smallest absolute Gasteiger partial charge is 0.251 e. The van der Waals surface area contributed by atoms with Crippen LogP contribution < -0.4 is 5.32 Å². The Morgan fingerprint density at radius 3 is 2.68 bits per heavy atom. The first-order chi connectivity index (χ1) is 13.5. The Kier molecular flexibility index (Phi) is 9.13. The van der Waals surface area contributed by atoms with Gasteiger partial charge < -0.3 is 24.9 Å². The molecule has 0 saturated carbocycles. The van der Waals surface area contributed by atoms with Crippen LogP contribution >= 0.6 is 11.3 Å². The number of rotatable bonds is 6. The Morgan fingerprint density at radius 2 is 2.07 bits per heavy atom.